The van der Waals surface area contributed by atoms with E-state index in [0.29, 0.717) is 18.2 Å². The van der Waals surface area contributed by atoms with E-state index in [2.05, 4.69) is 45.0 Å². The number of nitrogens with zero attached hydrogens (tertiary/aromatic N) is 1. The Bertz CT molecular complexity index is 190. The van der Waals surface area contributed by atoms with Crippen molar-refractivity contribution >= 4 is 0 Å². The Hall–Kier alpha value is -0.120. The first-order chi connectivity index (χ1) is 7.52. The SMILES string of the molecule is CC(C)CC(C)N(C)C(C)C1CNCCO1. The molecule has 3 atom stereocenters. The van der Waals surface area contributed by atoms with Gasteiger partial charge in [-0.1, -0.05) is 13.8 Å². The Morgan fingerprint density at radius 3 is 2.50 bits per heavy atom. The van der Waals surface area contributed by atoms with Gasteiger partial charge in [-0.25, -0.2) is 0 Å². The number of nitrogens with one attached hydrogen (secondary N) is 1. The van der Waals surface area contributed by atoms with Crippen LogP contribution in [0.3, 0.4) is 0 Å². The topological polar surface area (TPSA) is 24.5 Å². The van der Waals surface area contributed by atoms with Gasteiger partial charge in [0.25, 0.3) is 0 Å². The molecule has 3 unspecified atom stereocenters. The molecular weight excluding hydrogens is 200 g/mol. The second-order valence-electron chi connectivity index (χ2n) is 5.50. The highest BCUT2D eigenvalue weighted by atomic mass is 16.5. The molecule has 0 spiro atoms. The predicted octanol–water partition coefficient (Wildman–Crippen LogP) is 1.73. The van der Waals surface area contributed by atoms with E-state index in [1.165, 1.54) is 6.42 Å². The Labute approximate surface area is 101 Å². The lowest BCUT2D eigenvalue weighted by Crippen LogP contribution is -2.52. The van der Waals surface area contributed by atoms with Crippen LogP contribution in [0.15, 0.2) is 0 Å². The van der Waals surface area contributed by atoms with Crippen molar-refractivity contribution in [3.8, 4) is 0 Å². The van der Waals surface area contributed by atoms with Gasteiger partial charge in [-0.3, -0.25) is 4.90 Å². The van der Waals surface area contributed by atoms with Crippen LogP contribution in [0, 0.1) is 5.92 Å². The molecule has 0 radical (unpaired) electrons. The first-order valence-corrected chi connectivity index (χ1v) is 6.56. The smallest absolute Gasteiger partial charge is 0.0852 e. The zero-order valence-electron chi connectivity index (χ0n) is 11.5. The molecule has 1 fully saturated rings. The molecule has 96 valence electrons. The molecule has 0 amide bonds. The Morgan fingerprint density at radius 2 is 2.00 bits per heavy atom. The second-order valence-corrected chi connectivity index (χ2v) is 5.50. The summed E-state index contributed by atoms with van der Waals surface area (Å²) in [5.74, 6) is 0.759. The lowest BCUT2D eigenvalue weighted by atomic mass is 10.0. The summed E-state index contributed by atoms with van der Waals surface area (Å²) in [7, 11) is 2.22. The number of hydrogen-bond donors (Lipinski definition) is 1. The normalized spacial score (nSPS) is 26.1. The summed E-state index contributed by atoms with van der Waals surface area (Å²) in [6.45, 7) is 12.0. The zero-order valence-corrected chi connectivity index (χ0v) is 11.5. The fourth-order valence-electron chi connectivity index (χ4n) is 2.41. The average molecular weight is 228 g/mol. The third-order valence-corrected chi connectivity index (χ3v) is 3.64. The third kappa shape index (κ3) is 4.04. The van der Waals surface area contributed by atoms with E-state index in [0.717, 1.165) is 25.6 Å². The van der Waals surface area contributed by atoms with E-state index in [9.17, 15) is 0 Å². The van der Waals surface area contributed by atoms with E-state index in [-0.39, 0.29) is 0 Å². The maximum absolute atomic E-state index is 5.81. The van der Waals surface area contributed by atoms with Crippen molar-refractivity contribution in [2.75, 3.05) is 26.7 Å². The highest BCUT2D eigenvalue weighted by Gasteiger charge is 2.26. The van der Waals surface area contributed by atoms with Crippen molar-refractivity contribution in [3.05, 3.63) is 0 Å². The van der Waals surface area contributed by atoms with Crippen LogP contribution in [0.25, 0.3) is 0 Å². The number of likely N-dealkylation sites (N-methyl/N-ethyl adjacent to an activating group) is 1. The Balaban J connectivity index is 2.41. The van der Waals surface area contributed by atoms with Gasteiger partial charge in [-0.15, -0.1) is 0 Å². The van der Waals surface area contributed by atoms with Crippen molar-refractivity contribution in [2.24, 2.45) is 5.92 Å². The minimum atomic E-state index is 0.341. The average Bonchev–Trinajstić information content (AvgIpc) is 2.27. The van der Waals surface area contributed by atoms with Gasteiger partial charge in [-0.05, 0) is 33.2 Å². The van der Waals surface area contributed by atoms with E-state index in [1.807, 2.05) is 0 Å². The van der Waals surface area contributed by atoms with Crippen molar-refractivity contribution in [3.63, 3.8) is 0 Å². The van der Waals surface area contributed by atoms with Gasteiger partial charge in [0.2, 0.25) is 0 Å². The number of ether oxygens (including phenoxy) is 1. The van der Waals surface area contributed by atoms with Gasteiger partial charge in [0.1, 0.15) is 0 Å². The zero-order chi connectivity index (χ0) is 12.1. The van der Waals surface area contributed by atoms with Crippen molar-refractivity contribution < 1.29 is 4.74 Å². The molecule has 0 aromatic heterocycles. The van der Waals surface area contributed by atoms with Gasteiger partial charge < -0.3 is 10.1 Å². The van der Waals surface area contributed by atoms with E-state index in [4.69, 9.17) is 4.74 Å². The summed E-state index contributed by atoms with van der Waals surface area (Å²) in [4.78, 5) is 2.46. The predicted molar refractivity (Wildman–Crippen MR) is 68.8 cm³/mol. The van der Waals surface area contributed by atoms with Crippen molar-refractivity contribution in [2.45, 2.75) is 52.3 Å². The molecule has 1 heterocycles. The van der Waals surface area contributed by atoms with Crippen LogP contribution in [0.4, 0.5) is 0 Å². The molecule has 0 saturated carbocycles. The third-order valence-electron chi connectivity index (χ3n) is 3.64. The molecule has 0 aromatic carbocycles. The van der Waals surface area contributed by atoms with Gasteiger partial charge in [-0.2, -0.15) is 0 Å². The summed E-state index contributed by atoms with van der Waals surface area (Å²) >= 11 is 0. The van der Waals surface area contributed by atoms with Crippen LogP contribution in [-0.4, -0.2) is 49.8 Å². The van der Waals surface area contributed by atoms with Crippen molar-refractivity contribution in [1.82, 2.24) is 10.2 Å². The first-order valence-electron chi connectivity index (χ1n) is 6.56. The molecule has 16 heavy (non-hydrogen) atoms. The lowest BCUT2D eigenvalue weighted by Gasteiger charge is -2.38. The van der Waals surface area contributed by atoms with E-state index < -0.39 is 0 Å². The standard InChI is InChI=1S/C13H28N2O/c1-10(2)8-11(3)15(5)12(4)13-9-14-6-7-16-13/h10-14H,6-9H2,1-5H3. The van der Waals surface area contributed by atoms with Gasteiger partial charge in [0, 0.05) is 25.2 Å². The van der Waals surface area contributed by atoms with Crippen LogP contribution in [0.1, 0.15) is 34.1 Å². The highest BCUT2D eigenvalue weighted by Crippen LogP contribution is 2.16. The monoisotopic (exact) mass is 228 g/mol. The summed E-state index contributed by atoms with van der Waals surface area (Å²) in [5.41, 5.74) is 0. The molecule has 1 aliphatic heterocycles. The molecule has 0 bridgehead atoms. The van der Waals surface area contributed by atoms with Crippen LogP contribution >= 0.6 is 0 Å². The molecule has 1 aliphatic rings. The summed E-state index contributed by atoms with van der Waals surface area (Å²) < 4.78 is 5.81. The minimum Gasteiger partial charge on any atom is -0.374 e. The molecule has 1 saturated heterocycles. The van der Waals surface area contributed by atoms with Crippen LogP contribution in [0.5, 0.6) is 0 Å². The number of morpholine rings is 1. The fourth-order valence-corrected chi connectivity index (χ4v) is 2.41. The van der Waals surface area contributed by atoms with E-state index >= 15 is 0 Å². The Morgan fingerprint density at radius 1 is 1.31 bits per heavy atom. The maximum Gasteiger partial charge on any atom is 0.0852 e. The first kappa shape index (κ1) is 13.9. The fraction of sp³-hybridized carbons (Fsp3) is 1.00. The van der Waals surface area contributed by atoms with Crippen LogP contribution < -0.4 is 5.32 Å². The minimum absolute atomic E-state index is 0.341. The second kappa shape index (κ2) is 6.58. The summed E-state index contributed by atoms with van der Waals surface area (Å²) in [6.07, 6.45) is 1.59. The van der Waals surface area contributed by atoms with Crippen molar-refractivity contribution in [1.29, 1.82) is 0 Å². The molecule has 1 N–H and O–H groups in total. The molecule has 0 aliphatic carbocycles. The maximum atomic E-state index is 5.81. The van der Waals surface area contributed by atoms with Crippen LogP contribution in [-0.2, 0) is 4.74 Å². The highest BCUT2D eigenvalue weighted by molar-refractivity contribution is 4.81. The van der Waals surface area contributed by atoms with Crippen LogP contribution in [0.2, 0.25) is 0 Å². The molecule has 3 nitrogen and oxygen atoms in total. The lowest BCUT2D eigenvalue weighted by molar-refractivity contribution is -0.0296. The Kier molecular flexibility index (Phi) is 5.73. The largest absolute Gasteiger partial charge is 0.374 e. The molecule has 0 aromatic rings. The molecule has 1 rings (SSSR count). The van der Waals surface area contributed by atoms with Gasteiger partial charge in [0.05, 0.1) is 12.7 Å². The van der Waals surface area contributed by atoms with Gasteiger partial charge >= 0.3 is 0 Å². The quantitative estimate of drug-likeness (QED) is 0.775. The number of hydrogen-bond acceptors (Lipinski definition) is 3. The molecule has 3 heteroatoms. The molecular formula is C13H28N2O. The van der Waals surface area contributed by atoms with E-state index in [1.54, 1.807) is 0 Å². The number of rotatable bonds is 5. The summed E-state index contributed by atoms with van der Waals surface area (Å²) in [5, 5.41) is 3.40. The van der Waals surface area contributed by atoms with Gasteiger partial charge in [0.15, 0.2) is 0 Å². The summed E-state index contributed by atoms with van der Waals surface area (Å²) in [6, 6.07) is 1.11.